The lowest BCUT2D eigenvalue weighted by Gasteiger charge is -2.13. The Labute approximate surface area is 168 Å². The number of ether oxygens (including phenoxy) is 1. The average Bonchev–Trinajstić information content (AvgIpc) is 2.95. The molecule has 1 aliphatic heterocycles. The van der Waals surface area contributed by atoms with Crippen LogP contribution in [0.2, 0.25) is 0 Å². The second-order valence-electron chi connectivity index (χ2n) is 6.12. The molecular formula is C21H13BrN2O4. The number of pyridine rings is 1. The molecule has 7 heteroatoms. The van der Waals surface area contributed by atoms with Gasteiger partial charge < -0.3 is 4.74 Å². The fourth-order valence-corrected chi connectivity index (χ4v) is 3.26. The number of rotatable bonds is 4. The predicted octanol–water partition coefficient (Wildman–Crippen LogP) is 3.86. The van der Waals surface area contributed by atoms with Gasteiger partial charge in [-0.3, -0.25) is 14.5 Å². The van der Waals surface area contributed by atoms with Gasteiger partial charge in [0.25, 0.3) is 11.8 Å². The van der Waals surface area contributed by atoms with Gasteiger partial charge in [0.05, 0.1) is 23.2 Å². The molecule has 0 spiro atoms. The normalized spacial score (nSPS) is 12.8. The standard InChI is InChI=1S/C21H13BrN2O4/c22-18-17(7-4-10-23-18)28-21(27)14-8-9-15-16(11-14)20(26)24(19(15)25)12-13-5-2-1-3-6-13/h1-11H,12H2. The minimum absolute atomic E-state index is 0.176. The first-order valence-corrected chi connectivity index (χ1v) is 9.21. The van der Waals surface area contributed by atoms with Crippen LogP contribution >= 0.6 is 15.9 Å². The zero-order chi connectivity index (χ0) is 19.7. The maximum absolute atomic E-state index is 12.7. The number of fused-ring (bicyclic) bond motifs is 1. The molecule has 2 heterocycles. The largest absolute Gasteiger partial charge is 0.420 e. The van der Waals surface area contributed by atoms with Crippen LogP contribution in [0.3, 0.4) is 0 Å². The molecule has 2 aromatic carbocycles. The maximum atomic E-state index is 12.7. The molecule has 4 rings (SSSR count). The summed E-state index contributed by atoms with van der Waals surface area (Å²) in [7, 11) is 0. The number of nitrogens with zero attached hydrogens (tertiary/aromatic N) is 2. The third kappa shape index (κ3) is 3.32. The lowest BCUT2D eigenvalue weighted by molar-refractivity contribution is 0.0641. The highest BCUT2D eigenvalue weighted by molar-refractivity contribution is 9.10. The smallest absolute Gasteiger partial charge is 0.343 e. The third-order valence-electron chi connectivity index (χ3n) is 4.32. The van der Waals surface area contributed by atoms with Crippen molar-refractivity contribution in [2.45, 2.75) is 6.54 Å². The van der Waals surface area contributed by atoms with E-state index in [9.17, 15) is 14.4 Å². The maximum Gasteiger partial charge on any atom is 0.343 e. The van der Waals surface area contributed by atoms with Crippen molar-refractivity contribution in [1.29, 1.82) is 0 Å². The summed E-state index contributed by atoms with van der Waals surface area (Å²) < 4.78 is 5.71. The first kappa shape index (κ1) is 18.1. The Bertz CT molecular complexity index is 1100. The Morgan fingerprint density at radius 1 is 0.964 bits per heavy atom. The lowest BCUT2D eigenvalue weighted by atomic mass is 10.1. The van der Waals surface area contributed by atoms with Crippen molar-refractivity contribution in [3.8, 4) is 5.75 Å². The highest BCUT2D eigenvalue weighted by Gasteiger charge is 2.36. The molecule has 28 heavy (non-hydrogen) atoms. The molecule has 1 aliphatic rings. The summed E-state index contributed by atoms with van der Waals surface area (Å²) in [5, 5.41) is 0. The van der Waals surface area contributed by atoms with E-state index in [1.54, 1.807) is 18.3 Å². The first-order chi connectivity index (χ1) is 13.5. The molecule has 0 bridgehead atoms. The highest BCUT2D eigenvalue weighted by Crippen LogP contribution is 2.27. The molecule has 0 radical (unpaired) electrons. The van der Waals surface area contributed by atoms with E-state index in [1.165, 1.54) is 23.1 Å². The average molecular weight is 437 g/mol. The predicted molar refractivity (Wildman–Crippen MR) is 104 cm³/mol. The number of amides is 2. The molecule has 1 aromatic heterocycles. The molecule has 6 nitrogen and oxygen atoms in total. The molecule has 138 valence electrons. The van der Waals surface area contributed by atoms with Gasteiger partial charge in [0, 0.05) is 6.20 Å². The van der Waals surface area contributed by atoms with E-state index < -0.39 is 11.9 Å². The van der Waals surface area contributed by atoms with Crippen molar-refractivity contribution in [3.63, 3.8) is 0 Å². The molecule has 2 amide bonds. The minimum atomic E-state index is -0.641. The van der Waals surface area contributed by atoms with Crippen LogP contribution < -0.4 is 4.74 Å². The Kier molecular flexibility index (Phi) is 4.75. The summed E-state index contributed by atoms with van der Waals surface area (Å²) in [6, 6.07) is 16.8. The van der Waals surface area contributed by atoms with Crippen LogP contribution in [0.15, 0.2) is 71.5 Å². The van der Waals surface area contributed by atoms with E-state index >= 15 is 0 Å². The van der Waals surface area contributed by atoms with Crippen molar-refractivity contribution in [3.05, 3.63) is 93.7 Å². The fourth-order valence-electron chi connectivity index (χ4n) is 2.93. The van der Waals surface area contributed by atoms with Crippen molar-refractivity contribution in [2.75, 3.05) is 0 Å². The molecule has 0 N–H and O–H groups in total. The Hall–Kier alpha value is -3.32. The van der Waals surface area contributed by atoms with Crippen LogP contribution in [-0.2, 0) is 6.54 Å². The van der Waals surface area contributed by atoms with Gasteiger partial charge >= 0.3 is 5.97 Å². The number of carbonyl (C=O) groups is 3. The SMILES string of the molecule is O=C(Oc1cccnc1Br)c1ccc2c(c1)C(=O)N(Cc1ccccc1)C2=O. The first-order valence-electron chi connectivity index (χ1n) is 8.41. The summed E-state index contributed by atoms with van der Waals surface area (Å²) in [6.45, 7) is 0.176. The summed E-state index contributed by atoms with van der Waals surface area (Å²) in [5.74, 6) is -1.18. The van der Waals surface area contributed by atoms with Gasteiger partial charge in [-0.15, -0.1) is 0 Å². The second-order valence-corrected chi connectivity index (χ2v) is 6.88. The van der Waals surface area contributed by atoms with Crippen molar-refractivity contribution < 1.29 is 19.1 Å². The number of esters is 1. The van der Waals surface area contributed by atoms with Gasteiger partial charge in [0.2, 0.25) is 0 Å². The number of hydrogen-bond acceptors (Lipinski definition) is 5. The fraction of sp³-hybridized carbons (Fsp3) is 0.0476. The van der Waals surface area contributed by atoms with Gasteiger partial charge in [0.1, 0.15) is 4.60 Å². The van der Waals surface area contributed by atoms with Gasteiger partial charge in [0.15, 0.2) is 5.75 Å². The zero-order valence-electron chi connectivity index (χ0n) is 14.5. The van der Waals surface area contributed by atoms with Crippen LogP contribution in [0.1, 0.15) is 36.6 Å². The van der Waals surface area contributed by atoms with Crippen LogP contribution in [0.4, 0.5) is 0 Å². The van der Waals surface area contributed by atoms with Gasteiger partial charge in [-0.05, 0) is 51.8 Å². The minimum Gasteiger partial charge on any atom is -0.420 e. The quantitative estimate of drug-likeness (QED) is 0.352. The number of halogens is 1. The molecule has 0 unspecified atom stereocenters. The Morgan fingerprint density at radius 3 is 2.46 bits per heavy atom. The van der Waals surface area contributed by atoms with Gasteiger partial charge in [-0.25, -0.2) is 9.78 Å². The van der Waals surface area contributed by atoms with Crippen LogP contribution in [0, 0.1) is 0 Å². The molecule has 0 atom stereocenters. The highest BCUT2D eigenvalue weighted by atomic mass is 79.9. The summed E-state index contributed by atoms with van der Waals surface area (Å²) in [4.78, 5) is 42.9. The summed E-state index contributed by atoms with van der Waals surface area (Å²) in [6.07, 6.45) is 1.56. The number of benzene rings is 2. The van der Waals surface area contributed by atoms with Crippen LogP contribution in [0.25, 0.3) is 0 Å². The third-order valence-corrected chi connectivity index (χ3v) is 4.91. The number of carbonyl (C=O) groups excluding carboxylic acids is 3. The summed E-state index contributed by atoms with van der Waals surface area (Å²) >= 11 is 3.21. The van der Waals surface area contributed by atoms with Crippen LogP contribution in [0.5, 0.6) is 5.75 Å². The van der Waals surface area contributed by atoms with E-state index in [0.29, 0.717) is 4.60 Å². The molecule has 3 aromatic rings. The van der Waals surface area contributed by atoms with E-state index in [0.717, 1.165) is 5.56 Å². The van der Waals surface area contributed by atoms with Crippen molar-refractivity contribution in [2.24, 2.45) is 0 Å². The molecule has 0 fully saturated rings. The molecule has 0 saturated carbocycles. The molecule has 0 aliphatic carbocycles. The number of aromatic nitrogens is 1. The monoisotopic (exact) mass is 436 g/mol. The Morgan fingerprint density at radius 2 is 1.71 bits per heavy atom. The van der Waals surface area contributed by atoms with Crippen LogP contribution in [-0.4, -0.2) is 27.7 Å². The topological polar surface area (TPSA) is 76.6 Å². The van der Waals surface area contributed by atoms with Gasteiger partial charge in [-0.1, -0.05) is 30.3 Å². The zero-order valence-corrected chi connectivity index (χ0v) is 16.0. The van der Waals surface area contributed by atoms with E-state index in [2.05, 4.69) is 20.9 Å². The number of imide groups is 1. The number of hydrogen-bond donors (Lipinski definition) is 0. The summed E-state index contributed by atoms with van der Waals surface area (Å²) in [5.41, 5.74) is 1.50. The van der Waals surface area contributed by atoms with E-state index in [4.69, 9.17) is 4.74 Å². The van der Waals surface area contributed by atoms with E-state index in [-0.39, 0.29) is 34.9 Å². The molecule has 0 saturated heterocycles. The second kappa shape index (κ2) is 7.36. The molecular weight excluding hydrogens is 424 g/mol. The lowest BCUT2D eigenvalue weighted by Crippen LogP contribution is -2.29. The Balaban J connectivity index is 1.58. The van der Waals surface area contributed by atoms with Gasteiger partial charge in [-0.2, -0.15) is 0 Å². The van der Waals surface area contributed by atoms with E-state index in [1.807, 2.05) is 30.3 Å². The van der Waals surface area contributed by atoms with Crippen molar-refractivity contribution in [1.82, 2.24) is 9.88 Å². The van der Waals surface area contributed by atoms with Crippen molar-refractivity contribution >= 4 is 33.7 Å².